The molecule has 118 valence electrons. The van der Waals surface area contributed by atoms with Crippen molar-refractivity contribution >= 4 is 43.5 Å². The Morgan fingerprint density at radius 3 is 2.62 bits per heavy atom. The standard InChI is InChI=1S/C12H15BrClNO5S/c1-3-4-9(12(16)17)15-21(18,19)10-6-7(14)5-8(13)11(10)20-2/h5-6,9,15H,3-4H2,1-2H3,(H,16,17)/t9-/m1/s1. The monoisotopic (exact) mass is 399 g/mol. The van der Waals surface area contributed by atoms with Crippen molar-refractivity contribution in [1.29, 1.82) is 0 Å². The molecule has 0 bridgehead atoms. The highest BCUT2D eigenvalue weighted by Gasteiger charge is 2.28. The maximum atomic E-state index is 12.4. The third-order valence-electron chi connectivity index (χ3n) is 2.64. The van der Waals surface area contributed by atoms with Crippen LogP contribution in [0.25, 0.3) is 0 Å². The molecule has 0 aliphatic heterocycles. The molecule has 0 heterocycles. The molecule has 1 atom stereocenters. The van der Waals surface area contributed by atoms with Gasteiger partial charge in [-0.2, -0.15) is 4.72 Å². The number of rotatable bonds is 7. The van der Waals surface area contributed by atoms with Crippen molar-refractivity contribution in [3.8, 4) is 5.75 Å². The second kappa shape index (κ2) is 7.44. The molecule has 0 amide bonds. The number of aliphatic carboxylic acids is 1. The molecule has 0 fully saturated rings. The van der Waals surface area contributed by atoms with Crippen molar-refractivity contribution in [2.45, 2.75) is 30.7 Å². The molecule has 9 heteroatoms. The predicted octanol–water partition coefficient (Wildman–Crippen LogP) is 2.64. The largest absolute Gasteiger partial charge is 0.494 e. The highest BCUT2D eigenvalue weighted by Crippen LogP contribution is 2.35. The first-order chi connectivity index (χ1) is 9.72. The first-order valence-electron chi connectivity index (χ1n) is 6.01. The number of hydrogen-bond donors (Lipinski definition) is 2. The summed E-state index contributed by atoms with van der Waals surface area (Å²) in [6.07, 6.45) is 0.703. The molecule has 0 saturated heterocycles. The molecule has 1 rings (SSSR count). The quantitative estimate of drug-likeness (QED) is 0.734. The molecule has 21 heavy (non-hydrogen) atoms. The van der Waals surface area contributed by atoms with E-state index in [9.17, 15) is 13.2 Å². The van der Waals surface area contributed by atoms with E-state index in [2.05, 4.69) is 20.7 Å². The van der Waals surface area contributed by atoms with Gasteiger partial charge in [0.05, 0.1) is 11.6 Å². The third-order valence-corrected chi connectivity index (χ3v) is 4.93. The lowest BCUT2D eigenvalue weighted by Gasteiger charge is -2.16. The van der Waals surface area contributed by atoms with Gasteiger partial charge >= 0.3 is 5.97 Å². The van der Waals surface area contributed by atoms with Crippen molar-refractivity contribution in [2.24, 2.45) is 0 Å². The van der Waals surface area contributed by atoms with Gasteiger partial charge in [0.2, 0.25) is 10.0 Å². The summed E-state index contributed by atoms with van der Waals surface area (Å²) in [4.78, 5) is 10.9. The number of sulfonamides is 1. The second-order valence-electron chi connectivity index (χ2n) is 4.22. The lowest BCUT2D eigenvalue weighted by molar-refractivity contribution is -0.139. The lowest BCUT2D eigenvalue weighted by Crippen LogP contribution is -2.40. The van der Waals surface area contributed by atoms with E-state index >= 15 is 0 Å². The van der Waals surface area contributed by atoms with Gasteiger partial charge in [-0.15, -0.1) is 0 Å². The number of carbonyl (C=O) groups is 1. The molecule has 0 unspecified atom stereocenters. The fraction of sp³-hybridized carbons (Fsp3) is 0.417. The zero-order valence-corrected chi connectivity index (χ0v) is 14.5. The molecule has 0 radical (unpaired) electrons. The van der Waals surface area contributed by atoms with Crippen LogP contribution in [0.4, 0.5) is 0 Å². The number of halogens is 2. The van der Waals surface area contributed by atoms with Crippen molar-refractivity contribution < 1.29 is 23.1 Å². The van der Waals surface area contributed by atoms with E-state index in [1.54, 1.807) is 6.92 Å². The summed E-state index contributed by atoms with van der Waals surface area (Å²) < 4.78 is 32.3. The molecule has 1 aromatic carbocycles. The molecule has 1 aromatic rings. The van der Waals surface area contributed by atoms with Gasteiger partial charge in [-0.25, -0.2) is 8.42 Å². The predicted molar refractivity (Wildman–Crippen MR) is 82.4 cm³/mol. The van der Waals surface area contributed by atoms with Gasteiger partial charge in [0.1, 0.15) is 10.9 Å². The minimum atomic E-state index is -4.08. The molecule has 6 nitrogen and oxygen atoms in total. The first-order valence-corrected chi connectivity index (χ1v) is 8.66. The van der Waals surface area contributed by atoms with Gasteiger partial charge in [0, 0.05) is 5.02 Å². The molecule has 0 aromatic heterocycles. The number of methoxy groups -OCH3 is 1. The Kier molecular flexibility index (Phi) is 6.45. The van der Waals surface area contributed by atoms with E-state index in [0.717, 1.165) is 0 Å². The normalized spacial score (nSPS) is 13.0. The Labute approximate surface area is 136 Å². The zero-order valence-electron chi connectivity index (χ0n) is 11.4. The van der Waals surface area contributed by atoms with Crippen molar-refractivity contribution in [3.63, 3.8) is 0 Å². The van der Waals surface area contributed by atoms with Gasteiger partial charge in [-0.1, -0.05) is 24.9 Å². The van der Waals surface area contributed by atoms with E-state index in [1.165, 1.54) is 19.2 Å². The zero-order chi connectivity index (χ0) is 16.2. The molecular weight excluding hydrogens is 386 g/mol. The summed E-state index contributed by atoms with van der Waals surface area (Å²) >= 11 is 9.01. The molecule has 2 N–H and O–H groups in total. The summed E-state index contributed by atoms with van der Waals surface area (Å²) in [7, 11) is -2.77. The number of carboxylic acid groups (broad SMARTS) is 1. The van der Waals surface area contributed by atoms with E-state index in [1.807, 2.05) is 0 Å². The maximum absolute atomic E-state index is 12.4. The van der Waals surface area contributed by atoms with Crippen LogP contribution < -0.4 is 9.46 Å². The molecule has 0 spiro atoms. The number of nitrogens with one attached hydrogen (secondary N) is 1. The number of ether oxygens (including phenoxy) is 1. The van der Waals surface area contributed by atoms with Crippen LogP contribution in [0.15, 0.2) is 21.5 Å². The minimum Gasteiger partial charge on any atom is -0.494 e. The van der Waals surface area contributed by atoms with Crippen LogP contribution in [-0.2, 0) is 14.8 Å². The Bertz CT molecular complexity index is 635. The molecular formula is C12H15BrClNO5S. The Morgan fingerprint density at radius 1 is 1.52 bits per heavy atom. The van der Waals surface area contributed by atoms with E-state index < -0.39 is 22.0 Å². The van der Waals surface area contributed by atoms with Crippen molar-refractivity contribution in [3.05, 3.63) is 21.6 Å². The fourth-order valence-electron chi connectivity index (χ4n) is 1.71. The average molecular weight is 401 g/mol. The van der Waals surface area contributed by atoms with Crippen LogP contribution in [0.5, 0.6) is 5.75 Å². The van der Waals surface area contributed by atoms with E-state index in [0.29, 0.717) is 10.9 Å². The Balaban J connectivity index is 3.27. The topological polar surface area (TPSA) is 92.7 Å². The number of benzene rings is 1. The highest BCUT2D eigenvalue weighted by atomic mass is 79.9. The maximum Gasteiger partial charge on any atom is 0.321 e. The van der Waals surface area contributed by atoms with Gasteiger partial charge in [-0.3, -0.25) is 4.79 Å². The van der Waals surface area contributed by atoms with Crippen molar-refractivity contribution in [1.82, 2.24) is 4.72 Å². The number of carboxylic acids is 1. The highest BCUT2D eigenvalue weighted by molar-refractivity contribution is 9.10. The summed E-state index contributed by atoms with van der Waals surface area (Å²) in [5.41, 5.74) is 0. The van der Waals surface area contributed by atoms with E-state index in [-0.39, 0.29) is 22.1 Å². The van der Waals surface area contributed by atoms with Crippen LogP contribution in [0.1, 0.15) is 19.8 Å². The Hall–Kier alpha value is -0.830. The van der Waals surface area contributed by atoms with Gasteiger partial charge < -0.3 is 9.84 Å². The molecule has 0 saturated carbocycles. The average Bonchev–Trinajstić information content (AvgIpc) is 2.37. The van der Waals surface area contributed by atoms with Crippen molar-refractivity contribution in [2.75, 3.05) is 7.11 Å². The fourth-order valence-corrected chi connectivity index (χ4v) is 4.31. The first kappa shape index (κ1) is 18.2. The van der Waals surface area contributed by atoms with Crippen LogP contribution in [-0.4, -0.2) is 32.6 Å². The van der Waals surface area contributed by atoms with Gasteiger partial charge in [0.15, 0.2) is 5.75 Å². The molecule has 0 aliphatic carbocycles. The van der Waals surface area contributed by atoms with Crippen LogP contribution in [0.2, 0.25) is 5.02 Å². The summed E-state index contributed by atoms with van der Waals surface area (Å²) in [6.45, 7) is 1.76. The summed E-state index contributed by atoms with van der Waals surface area (Å²) in [5, 5.41) is 9.24. The minimum absolute atomic E-state index is 0.0625. The second-order valence-corrected chi connectivity index (χ2v) is 7.19. The molecule has 0 aliphatic rings. The summed E-state index contributed by atoms with van der Waals surface area (Å²) in [5.74, 6) is -1.17. The van der Waals surface area contributed by atoms with Gasteiger partial charge in [0.25, 0.3) is 0 Å². The van der Waals surface area contributed by atoms with E-state index in [4.69, 9.17) is 21.4 Å². The van der Waals surface area contributed by atoms with Crippen LogP contribution in [0.3, 0.4) is 0 Å². The van der Waals surface area contributed by atoms with Crippen LogP contribution >= 0.6 is 27.5 Å². The summed E-state index contributed by atoms with van der Waals surface area (Å²) in [6, 6.07) is 1.49. The smallest absolute Gasteiger partial charge is 0.321 e. The number of hydrogen-bond acceptors (Lipinski definition) is 4. The van der Waals surface area contributed by atoms with Gasteiger partial charge in [-0.05, 0) is 34.5 Å². The lowest BCUT2D eigenvalue weighted by atomic mass is 10.2. The third kappa shape index (κ3) is 4.57. The van der Waals surface area contributed by atoms with Crippen LogP contribution in [0, 0.1) is 0 Å². The SMILES string of the molecule is CCC[C@@H](NS(=O)(=O)c1cc(Cl)cc(Br)c1OC)C(=O)O. The Morgan fingerprint density at radius 2 is 2.14 bits per heavy atom.